The molecule has 0 spiro atoms. The molecule has 6 nitrogen and oxygen atoms in total. The first-order valence-corrected chi connectivity index (χ1v) is 14.0. The number of aryl methyl sites for hydroxylation is 1. The molecular formula is C29H29NO5S. The van der Waals surface area contributed by atoms with Crippen molar-refractivity contribution in [3.05, 3.63) is 77.4 Å². The summed E-state index contributed by atoms with van der Waals surface area (Å²) in [6.07, 6.45) is 4.90. The molecule has 0 radical (unpaired) electrons. The van der Waals surface area contributed by atoms with Crippen LogP contribution in [0.4, 0.5) is 0 Å². The Bertz CT molecular complexity index is 1440. The molecule has 0 unspecified atom stereocenters. The fraction of sp³-hybridized carbons (Fsp3) is 0.345. The van der Waals surface area contributed by atoms with Crippen LogP contribution in [0.3, 0.4) is 0 Å². The summed E-state index contributed by atoms with van der Waals surface area (Å²) >= 11 is 0. The van der Waals surface area contributed by atoms with E-state index in [0.29, 0.717) is 12.2 Å². The maximum absolute atomic E-state index is 13.5. The topological polar surface area (TPSA) is 81.7 Å². The highest BCUT2D eigenvalue weighted by Crippen LogP contribution is 2.51. The zero-order valence-electron chi connectivity index (χ0n) is 20.3. The Morgan fingerprint density at radius 2 is 1.72 bits per heavy atom. The van der Waals surface area contributed by atoms with E-state index in [4.69, 9.17) is 9.47 Å². The zero-order valence-corrected chi connectivity index (χ0v) is 21.1. The molecular weight excluding hydrogens is 474 g/mol. The van der Waals surface area contributed by atoms with Crippen LogP contribution in [0.5, 0.6) is 11.5 Å². The molecule has 3 aromatic rings. The average Bonchev–Trinajstić information content (AvgIpc) is 3.53. The van der Waals surface area contributed by atoms with Gasteiger partial charge in [-0.1, -0.05) is 42.8 Å². The van der Waals surface area contributed by atoms with Crippen LogP contribution in [-0.2, 0) is 26.7 Å². The van der Waals surface area contributed by atoms with Crippen molar-refractivity contribution >= 4 is 15.8 Å². The number of ether oxygens (including phenoxy) is 2. The number of benzene rings is 3. The normalized spacial score (nSPS) is 18.0. The van der Waals surface area contributed by atoms with Gasteiger partial charge in [0.1, 0.15) is 5.78 Å². The van der Waals surface area contributed by atoms with Crippen molar-refractivity contribution in [2.24, 2.45) is 0 Å². The Morgan fingerprint density at radius 3 is 2.42 bits per heavy atom. The minimum Gasteiger partial charge on any atom is -0.454 e. The molecule has 0 bridgehead atoms. The third kappa shape index (κ3) is 4.20. The maximum atomic E-state index is 13.5. The second-order valence-corrected chi connectivity index (χ2v) is 11.9. The number of ketones is 1. The van der Waals surface area contributed by atoms with Gasteiger partial charge in [0, 0.05) is 12.5 Å². The summed E-state index contributed by atoms with van der Waals surface area (Å²) in [6, 6.07) is 19.0. The lowest BCUT2D eigenvalue weighted by Gasteiger charge is -2.26. The Labute approximate surface area is 211 Å². The average molecular weight is 504 g/mol. The molecule has 1 N–H and O–H groups in total. The number of nitrogens with one attached hydrogen (secondary N) is 1. The number of sulfonamides is 1. The van der Waals surface area contributed by atoms with E-state index in [1.165, 1.54) is 0 Å². The smallest absolute Gasteiger partial charge is 0.240 e. The molecule has 3 aliphatic rings. The molecule has 36 heavy (non-hydrogen) atoms. The van der Waals surface area contributed by atoms with Crippen molar-refractivity contribution in [3.63, 3.8) is 0 Å². The van der Waals surface area contributed by atoms with E-state index in [9.17, 15) is 13.2 Å². The molecule has 2 fully saturated rings. The van der Waals surface area contributed by atoms with Crippen molar-refractivity contribution in [1.29, 1.82) is 0 Å². The highest BCUT2D eigenvalue weighted by Gasteiger charge is 2.50. The van der Waals surface area contributed by atoms with Gasteiger partial charge in [0.25, 0.3) is 0 Å². The number of carbonyl (C=O) groups is 1. The summed E-state index contributed by atoms with van der Waals surface area (Å²) in [6.45, 7) is 2.24. The Hall–Kier alpha value is -3.16. The van der Waals surface area contributed by atoms with E-state index in [-0.39, 0.29) is 23.5 Å². The predicted molar refractivity (Wildman–Crippen MR) is 137 cm³/mol. The highest BCUT2D eigenvalue weighted by molar-refractivity contribution is 7.89. The maximum Gasteiger partial charge on any atom is 0.240 e. The first-order chi connectivity index (χ1) is 17.3. The lowest BCUT2D eigenvalue weighted by atomic mass is 9.87. The molecule has 2 saturated carbocycles. The number of hydrogen-bond acceptors (Lipinski definition) is 5. The van der Waals surface area contributed by atoms with Crippen LogP contribution in [0.25, 0.3) is 11.1 Å². The van der Waals surface area contributed by atoms with Gasteiger partial charge in [0.15, 0.2) is 11.5 Å². The summed E-state index contributed by atoms with van der Waals surface area (Å²) < 4.78 is 39.0. The van der Waals surface area contributed by atoms with Crippen LogP contribution in [0.1, 0.15) is 48.8 Å². The van der Waals surface area contributed by atoms with E-state index >= 15 is 0 Å². The summed E-state index contributed by atoms with van der Waals surface area (Å²) in [4.78, 5) is 13.7. The van der Waals surface area contributed by atoms with E-state index < -0.39 is 15.4 Å². The minimum atomic E-state index is -3.50. The number of Topliss-reactive ketones (excluding diaryl/α,β-unsaturated/α-hetero) is 1. The van der Waals surface area contributed by atoms with Gasteiger partial charge in [-0.15, -0.1) is 0 Å². The molecule has 186 valence electrons. The standard InChI is InChI=1S/C29H29NO5S/c1-19-5-6-20(16-28(31)29(13-14-29)22-9-12-26-27(17-22)35-18-34-26)15-25(19)21-7-10-24(11-8-21)36(32,33)30-23-3-2-4-23/h5-12,15,17,23,30H,2-4,13-14,16,18H2,1H3. The molecule has 0 atom stereocenters. The van der Waals surface area contributed by atoms with E-state index in [2.05, 4.69) is 10.8 Å². The Kier molecular flexibility index (Phi) is 5.65. The zero-order chi connectivity index (χ0) is 24.9. The van der Waals surface area contributed by atoms with Crippen molar-refractivity contribution in [3.8, 4) is 22.6 Å². The molecule has 1 heterocycles. The predicted octanol–water partition coefficient (Wildman–Crippen LogP) is 5.06. The van der Waals surface area contributed by atoms with Gasteiger partial charge in [-0.2, -0.15) is 0 Å². The monoisotopic (exact) mass is 503 g/mol. The summed E-state index contributed by atoms with van der Waals surface area (Å²) in [5.74, 6) is 1.64. The summed E-state index contributed by atoms with van der Waals surface area (Å²) in [5, 5.41) is 0. The van der Waals surface area contributed by atoms with Crippen LogP contribution in [0.2, 0.25) is 0 Å². The number of carbonyl (C=O) groups excluding carboxylic acids is 1. The minimum absolute atomic E-state index is 0.0542. The van der Waals surface area contributed by atoms with E-state index in [1.54, 1.807) is 12.1 Å². The van der Waals surface area contributed by atoms with Gasteiger partial charge in [0.2, 0.25) is 16.8 Å². The van der Waals surface area contributed by atoms with Crippen LogP contribution >= 0.6 is 0 Å². The van der Waals surface area contributed by atoms with Crippen molar-refractivity contribution in [2.45, 2.75) is 61.8 Å². The fourth-order valence-corrected chi connectivity index (χ4v) is 6.42. The number of fused-ring (bicyclic) bond motifs is 1. The highest BCUT2D eigenvalue weighted by atomic mass is 32.2. The van der Waals surface area contributed by atoms with Crippen LogP contribution in [0, 0.1) is 6.92 Å². The quantitative estimate of drug-likeness (QED) is 0.464. The van der Waals surface area contributed by atoms with Crippen LogP contribution in [-0.4, -0.2) is 27.0 Å². The molecule has 6 rings (SSSR count). The van der Waals surface area contributed by atoms with Crippen molar-refractivity contribution in [1.82, 2.24) is 4.72 Å². The van der Waals surface area contributed by atoms with Crippen LogP contribution in [0.15, 0.2) is 65.6 Å². The van der Waals surface area contributed by atoms with Gasteiger partial charge in [0.05, 0.1) is 10.3 Å². The lowest BCUT2D eigenvalue weighted by Crippen LogP contribution is -2.39. The van der Waals surface area contributed by atoms with Gasteiger partial charge in [-0.05, 0) is 84.7 Å². The SMILES string of the molecule is Cc1ccc(CC(=O)C2(c3ccc4c(c3)OCO4)CC2)cc1-c1ccc(S(=O)(=O)NC2CCC2)cc1. The summed E-state index contributed by atoms with van der Waals surface area (Å²) in [7, 11) is -3.50. The van der Waals surface area contributed by atoms with Crippen molar-refractivity contribution in [2.75, 3.05) is 6.79 Å². The van der Waals surface area contributed by atoms with E-state index in [1.807, 2.05) is 49.4 Å². The number of hydrogen-bond donors (Lipinski definition) is 1. The van der Waals surface area contributed by atoms with Gasteiger partial charge in [-0.25, -0.2) is 13.1 Å². The Balaban J connectivity index is 1.21. The Morgan fingerprint density at radius 1 is 0.972 bits per heavy atom. The molecule has 0 saturated heterocycles. The van der Waals surface area contributed by atoms with E-state index in [0.717, 1.165) is 65.7 Å². The molecule has 2 aliphatic carbocycles. The molecule has 3 aromatic carbocycles. The molecule has 1 aliphatic heterocycles. The second-order valence-electron chi connectivity index (χ2n) is 10.2. The first-order valence-electron chi connectivity index (χ1n) is 12.5. The molecule has 0 amide bonds. The first kappa shape index (κ1) is 23.3. The lowest BCUT2D eigenvalue weighted by molar-refractivity contribution is -0.120. The molecule has 0 aromatic heterocycles. The van der Waals surface area contributed by atoms with Gasteiger partial charge < -0.3 is 9.47 Å². The molecule has 7 heteroatoms. The fourth-order valence-electron chi connectivity index (χ4n) is 5.12. The number of rotatable bonds is 8. The van der Waals surface area contributed by atoms with Gasteiger partial charge in [-0.3, -0.25) is 4.79 Å². The third-order valence-corrected chi connectivity index (χ3v) is 9.31. The van der Waals surface area contributed by atoms with Crippen molar-refractivity contribution < 1.29 is 22.7 Å². The van der Waals surface area contributed by atoms with Gasteiger partial charge >= 0.3 is 0 Å². The van der Waals surface area contributed by atoms with Crippen LogP contribution < -0.4 is 14.2 Å². The second kappa shape index (κ2) is 8.75. The summed E-state index contributed by atoms with van der Waals surface area (Å²) in [5.41, 5.74) is 4.51. The third-order valence-electron chi connectivity index (χ3n) is 7.78. The largest absolute Gasteiger partial charge is 0.454 e.